The molecule has 0 aliphatic rings. The molecule has 1 aromatic rings. The van der Waals surface area contributed by atoms with E-state index in [1.54, 1.807) is 6.92 Å². The highest BCUT2D eigenvalue weighted by Gasteiger charge is 2.05. The van der Waals surface area contributed by atoms with Gasteiger partial charge in [-0.3, -0.25) is 0 Å². The fraction of sp³-hybridized carbons (Fsp3) is 0.400. The van der Waals surface area contributed by atoms with Gasteiger partial charge in [-0.05, 0) is 37.5 Å². The van der Waals surface area contributed by atoms with Crippen LogP contribution in [0, 0.1) is 13.8 Å². The van der Waals surface area contributed by atoms with Crippen molar-refractivity contribution in [3.05, 3.63) is 33.3 Å². The molecule has 0 radical (unpaired) electrons. The number of aryl methyl sites for hydroxylation is 2. The zero-order chi connectivity index (χ0) is 9.30. The molecule has 1 rings (SSSR count). The average Bonchev–Trinajstić information content (AvgIpc) is 1.99. The van der Waals surface area contributed by atoms with Crippen molar-refractivity contribution in [1.82, 2.24) is 0 Å². The van der Waals surface area contributed by atoms with Gasteiger partial charge >= 0.3 is 0 Å². The van der Waals surface area contributed by atoms with Gasteiger partial charge in [0.25, 0.3) is 0 Å². The summed E-state index contributed by atoms with van der Waals surface area (Å²) < 4.78 is 1.13. The van der Waals surface area contributed by atoms with Crippen LogP contribution in [0.25, 0.3) is 0 Å². The van der Waals surface area contributed by atoms with Gasteiger partial charge in [-0.15, -0.1) is 0 Å². The van der Waals surface area contributed by atoms with Crippen LogP contribution in [0.4, 0.5) is 0 Å². The number of aliphatic hydroxyl groups is 1. The van der Waals surface area contributed by atoms with E-state index in [4.69, 9.17) is 0 Å². The number of hydrogen-bond acceptors (Lipinski definition) is 1. The molecule has 0 saturated heterocycles. The van der Waals surface area contributed by atoms with E-state index in [2.05, 4.69) is 15.9 Å². The van der Waals surface area contributed by atoms with Crippen LogP contribution in [0.2, 0.25) is 0 Å². The van der Waals surface area contributed by atoms with Crippen LogP contribution in [0.5, 0.6) is 0 Å². The second kappa shape index (κ2) is 3.58. The average molecular weight is 229 g/mol. The van der Waals surface area contributed by atoms with Crippen molar-refractivity contribution in [2.45, 2.75) is 26.9 Å². The maximum absolute atomic E-state index is 9.35. The molecule has 0 unspecified atom stereocenters. The predicted molar refractivity (Wildman–Crippen MR) is 54.2 cm³/mol. The van der Waals surface area contributed by atoms with E-state index in [1.807, 2.05) is 26.0 Å². The molecule has 2 heteroatoms. The normalized spacial score (nSPS) is 13.1. The largest absolute Gasteiger partial charge is 0.389 e. The highest BCUT2D eigenvalue weighted by atomic mass is 79.9. The summed E-state index contributed by atoms with van der Waals surface area (Å²) in [6.07, 6.45) is -0.379. The SMILES string of the molecule is Cc1cc([C@@H](C)O)cc(C)c1Br. The first-order valence-electron chi connectivity index (χ1n) is 3.97. The summed E-state index contributed by atoms with van der Waals surface area (Å²) in [6, 6.07) is 4.00. The molecule has 0 aliphatic carbocycles. The summed E-state index contributed by atoms with van der Waals surface area (Å²) in [5.41, 5.74) is 3.32. The number of halogens is 1. The molecule has 1 N–H and O–H groups in total. The van der Waals surface area contributed by atoms with Crippen molar-refractivity contribution in [2.75, 3.05) is 0 Å². The van der Waals surface area contributed by atoms with Gasteiger partial charge in [0.05, 0.1) is 6.10 Å². The van der Waals surface area contributed by atoms with Crippen LogP contribution >= 0.6 is 15.9 Å². The van der Waals surface area contributed by atoms with E-state index < -0.39 is 0 Å². The molecule has 0 spiro atoms. The summed E-state index contributed by atoms with van der Waals surface area (Å²) >= 11 is 3.48. The molecule has 0 aliphatic heterocycles. The van der Waals surface area contributed by atoms with Crippen molar-refractivity contribution in [3.8, 4) is 0 Å². The highest BCUT2D eigenvalue weighted by Crippen LogP contribution is 2.25. The van der Waals surface area contributed by atoms with Crippen molar-refractivity contribution < 1.29 is 5.11 Å². The van der Waals surface area contributed by atoms with Crippen LogP contribution in [0.1, 0.15) is 29.7 Å². The van der Waals surface area contributed by atoms with Gasteiger partial charge in [0, 0.05) is 4.47 Å². The molecule has 0 amide bonds. The zero-order valence-electron chi connectivity index (χ0n) is 7.56. The van der Waals surface area contributed by atoms with Crippen LogP contribution < -0.4 is 0 Å². The Balaban J connectivity index is 3.21. The summed E-state index contributed by atoms with van der Waals surface area (Å²) in [7, 11) is 0. The minimum Gasteiger partial charge on any atom is -0.389 e. The van der Waals surface area contributed by atoms with E-state index in [1.165, 1.54) is 11.1 Å². The van der Waals surface area contributed by atoms with Gasteiger partial charge in [0.1, 0.15) is 0 Å². The van der Waals surface area contributed by atoms with E-state index in [9.17, 15) is 5.11 Å². The third-order valence-electron chi connectivity index (χ3n) is 1.94. The minimum atomic E-state index is -0.379. The van der Waals surface area contributed by atoms with Crippen molar-refractivity contribution in [1.29, 1.82) is 0 Å². The molecule has 0 heterocycles. The summed E-state index contributed by atoms with van der Waals surface area (Å²) in [5, 5.41) is 9.35. The summed E-state index contributed by atoms with van der Waals surface area (Å²) in [6.45, 7) is 5.84. The topological polar surface area (TPSA) is 20.2 Å². The molecule has 1 atom stereocenters. The van der Waals surface area contributed by atoms with Crippen LogP contribution in [0.3, 0.4) is 0 Å². The fourth-order valence-electron chi connectivity index (χ4n) is 1.22. The Bertz CT molecular complexity index is 269. The van der Waals surface area contributed by atoms with Gasteiger partial charge < -0.3 is 5.11 Å². The maximum Gasteiger partial charge on any atom is 0.0762 e. The standard InChI is InChI=1S/C10H13BrO/c1-6-4-9(8(3)12)5-7(2)10(6)11/h4-5,8,12H,1-3H3/t8-/m1/s1. The number of benzene rings is 1. The first-order chi connectivity index (χ1) is 5.52. The van der Waals surface area contributed by atoms with Crippen LogP contribution in [-0.4, -0.2) is 5.11 Å². The van der Waals surface area contributed by atoms with Gasteiger partial charge in [-0.2, -0.15) is 0 Å². The van der Waals surface area contributed by atoms with E-state index >= 15 is 0 Å². The van der Waals surface area contributed by atoms with Gasteiger partial charge in [-0.25, -0.2) is 0 Å². The molecular weight excluding hydrogens is 216 g/mol. The lowest BCUT2D eigenvalue weighted by Crippen LogP contribution is -1.93. The Kier molecular flexibility index (Phi) is 2.91. The molecular formula is C10H13BrO. The van der Waals surface area contributed by atoms with Crippen LogP contribution in [-0.2, 0) is 0 Å². The third-order valence-corrected chi connectivity index (χ3v) is 3.19. The highest BCUT2D eigenvalue weighted by molar-refractivity contribution is 9.10. The zero-order valence-corrected chi connectivity index (χ0v) is 9.14. The Morgan fingerprint density at radius 3 is 2.00 bits per heavy atom. The molecule has 12 heavy (non-hydrogen) atoms. The van der Waals surface area contributed by atoms with Crippen LogP contribution in [0.15, 0.2) is 16.6 Å². The Labute approximate surface area is 81.6 Å². The van der Waals surface area contributed by atoms with Crippen molar-refractivity contribution in [3.63, 3.8) is 0 Å². The van der Waals surface area contributed by atoms with Crippen molar-refractivity contribution >= 4 is 15.9 Å². The molecule has 1 aromatic carbocycles. The Hall–Kier alpha value is -0.340. The lowest BCUT2D eigenvalue weighted by molar-refractivity contribution is 0.199. The predicted octanol–water partition coefficient (Wildman–Crippen LogP) is 3.12. The molecule has 0 aromatic heterocycles. The Morgan fingerprint density at radius 1 is 1.25 bits per heavy atom. The molecule has 0 bridgehead atoms. The number of aliphatic hydroxyl groups excluding tert-OH is 1. The quantitative estimate of drug-likeness (QED) is 0.784. The Morgan fingerprint density at radius 2 is 1.67 bits per heavy atom. The first kappa shape index (κ1) is 9.75. The van der Waals surface area contributed by atoms with E-state index in [0.29, 0.717) is 0 Å². The summed E-state index contributed by atoms with van der Waals surface area (Å²) in [4.78, 5) is 0. The van der Waals surface area contributed by atoms with Gasteiger partial charge in [0.2, 0.25) is 0 Å². The van der Waals surface area contributed by atoms with E-state index in [-0.39, 0.29) is 6.10 Å². The first-order valence-corrected chi connectivity index (χ1v) is 4.76. The lowest BCUT2D eigenvalue weighted by Gasteiger charge is -2.09. The fourth-order valence-corrected chi connectivity index (χ4v) is 1.45. The van der Waals surface area contributed by atoms with Gasteiger partial charge in [-0.1, -0.05) is 28.1 Å². The monoisotopic (exact) mass is 228 g/mol. The molecule has 0 fully saturated rings. The second-order valence-electron chi connectivity index (χ2n) is 3.14. The third kappa shape index (κ3) is 1.87. The minimum absolute atomic E-state index is 0.379. The second-order valence-corrected chi connectivity index (χ2v) is 3.94. The van der Waals surface area contributed by atoms with E-state index in [0.717, 1.165) is 10.0 Å². The lowest BCUT2D eigenvalue weighted by atomic mass is 10.0. The maximum atomic E-state index is 9.35. The molecule has 66 valence electrons. The summed E-state index contributed by atoms with van der Waals surface area (Å²) in [5.74, 6) is 0. The van der Waals surface area contributed by atoms with Gasteiger partial charge in [0.15, 0.2) is 0 Å². The van der Waals surface area contributed by atoms with Crippen molar-refractivity contribution in [2.24, 2.45) is 0 Å². The smallest absolute Gasteiger partial charge is 0.0762 e. The molecule has 0 saturated carbocycles. The molecule has 1 nitrogen and oxygen atoms in total. The number of rotatable bonds is 1. The number of hydrogen-bond donors (Lipinski definition) is 1.